The van der Waals surface area contributed by atoms with Gasteiger partial charge in [-0.3, -0.25) is 4.79 Å². The molecule has 118 valence electrons. The van der Waals surface area contributed by atoms with E-state index in [9.17, 15) is 13.2 Å². The molecule has 2 rings (SSSR count). The Balaban J connectivity index is 0.00000200. The Bertz CT molecular complexity index is 425. The monoisotopic (exact) mass is 324 g/mol. The molecule has 2 bridgehead atoms. The molecule has 0 aliphatic carbocycles. The normalized spacial score (nSPS) is 26.2. The molecule has 2 unspecified atom stereocenters. The fourth-order valence-corrected chi connectivity index (χ4v) is 4.88. The summed E-state index contributed by atoms with van der Waals surface area (Å²) in [6.45, 7) is 5.44. The Hall–Kier alpha value is -0.330. The van der Waals surface area contributed by atoms with E-state index in [1.54, 1.807) is 0 Å². The molecule has 20 heavy (non-hydrogen) atoms. The zero-order chi connectivity index (χ0) is 14.0. The van der Waals surface area contributed by atoms with Crippen molar-refractivity contribution in [3.05, 3.63) is 0 Å². The lowest BCUT2D eigenvalue weighted by Crippen LogP contribution is -2.45. The summed E-state index contributed by atoms with van der Waals surface area (Å²) < 4.78 is 23.9. The van der Waals surface area contributed by atoms with Gasteiger partial charge in [0.1, 0.15) is 5.75 Å². The van der Waals surface area contributed by atoms with Crippen LogP contribution in [0.15, 0.2) is 0 Å². The molecule has 2 aliphatic heterocycles. The molecule has 7 heteroatoms. The number of hydrogen-bond donors (Lipinski definition) is 1. The van der Waals surface area contributed by atoms with Gasteiger partial charge in [-0.1, -0.05) is 13.8 Å². The van der Waals surface area contributed by atoms with Crippen molar-refractivity contribution in [1.29, 1.82) is 0 Å². The minimum Gasteiger partial charge on any atom is -0.335 e. The molecule has 0 radical (unpaired) electrons. The van der Waals surface area contributed by atoms with E-state index < -0.39 is 9.84 Å². The van der Waals surface area contributed by atoms with Gasteiger partial charge in [0.15, 0.2) is 9.84 Å². The summed E-state index contributed by atoms with van der Waals surface area (Å²) in [5, 5.41) is 3.32. The number of sulfone groups is 1. The molecule has 2 heterocycles. The van der Waals surface area contributed by atoms with Crippen molar-refractivity contribution in [2.45, 2.75) is 45.2 Å². The van der Waals surface area contributed by atoms with Gasteiger partial charge in [0.05, 0.1) is 5.75 Å². The van der Waals surface area contributed by atoms with Crippen molar-refractivity contribution in [2.75, 3.05) is 24.6 Å². The lowest BCUT2D eigenvalue weighted by atomic mass is 10.1. The third-order valence-electron chi connectivity index (χ3n) is 3.87. The van der Waals surface area contributed by atoms with E-state index in [2.05, 4.69) is 5.32 Å². The molecular weight excluding hydrogens is 300 g/mol. The maximum Gasteiger partial charge on any atom is 0.238 e. The van der Waals surface area contributed by atoms with Gasteiger partial charge in [-0.05, 0) is 31.7 Å². The number of amides is 1. The van der Waals surface area contributed by atoms with Crippen molar-refractivity contribution < 1.29 is 13.2 Å². The van der Waals surface area contributed by atoms with Gasteiger partial charge in [0.2, 0.25) is 5.91 Å². The summed E-state index contributed by atoms with van der Waals surface area (Å²) in [5.74, 6) is -0.351. The van der Waals surface area contributed by atoms with E-state index in [1.165, 1.54) is 0 Å². The van der Waals surface area contributed by atoms with Crippen LogP contribution >= 0.6 is 12.4 Å². The number of rotatable bonds is 4. The minimum absolute atomic E-state index is 0. The fourth-order valence-electron chi connectivity index (χ4n) is 3.22. The highest BCUT2D eigenvalue weighted by Crippen LogP contribution is 2.28. The molecule has 0 aromatic heterocycles. The van der Waals surface area contributed by atoms with Gasteiger partial charge in [0, 0.05) is 18.6 Å². The van der Waals surface area contributed by atoms with Crippen LogP contribution in [0.5, 0.6) is 0 Å². The Labute approximate surface area is 127 Å². The van der Waals surface area contributed by atoms with Crippen LogP contribution in [0.3, 0.4) is 0 Å². The first-order valence-corrected chi connectivity index (χ1v) is 8.93. The fraction of sp³-hybridized carbons (Fsp3) is 0.923. The quantitative estimate of drug-likeness (QED) is 0.832. The van der Waals surface area contributed by atoms with Crippen molar-refractivity contribution in [3.63, 3.8) is 0 Å². The molecule has 1 N–H and O–H groups in total. The minimum atomic E-state index is -3.27. The second kappa shape index (κ2) is 7.09. The van der Waals surface area contributed by atoms with Gasteiger partial charge in [0.25, 0.3) is 0 Å². The molecule has 2 fully saturated rings. The van der Waals surface area contributed by atoms with E-state index in [-0.39, 0.29) is 47.8 Å². The first kappa shape index (κ1) is 17.7. The van der Waals surface area contributed by atoms with Crippen molar-refractivity contribution in [2.24, 2.45) is 5.92 Å². The van der Waals surface area contributed by atoms with Crippen LogP contribution in [0.1, 0.15) is 33.1 Å². The molecule has 5 nitrogen and oxygen atoms in total. The number of nitrogens with zero attached hydrogens (tertiary/aromatic N) is 1. The van der Waals surface area contributed by atoms with Crippen LogP contribution in [0.25, 0.3) is 0 Å². The second-order valence-electron chi connectivity index (χ2n) is 6.13. The van der Waals surface area contributed by atoms with Crippen LogP contribution in [-0.2, 0) is 14.6 Å². The molecule has 2 atom stereocenters. The highest BCUT2D eigenvalue weighted by atomic mass is 35.5. The molecule has 0 aromatic rings. The first-order valence-electron chi connectivity index (χ1n) is 7.11. The number of halogens is 1. The third kappa shape index (κ3) is 4.33. The summed E-state index contributed by atoms with van der Waals surface area (Å²) in [5.41, 5.74) is 0. The van der Waals surface area contributed by atoms with Crippen LogP contribution < -0.4 is 5.32 Å². The number of carbonyl (C=O) groups is 1. The smallest absolute Gasteiger partial charge is 0.238 e. The lowest BCUT2D eigenvalue weighted by molar-refractivity contribution is -0.130. The maximum absolute atomic E-state index is 12.3. The number of fused-ring (bicyclic) bond motifs is 2. The average Bonchev–Trinajstić information content (AvgIpc) is 2.49. The summed E-state index contributed by atoms with van der Waals surface area (Å²) >= 11 is 0. The Morgan fingerprint density at radius 1 is 1.25 bits per heavy atom. The Morgan fingerprint density at radius 2 is 1.90 bits per heavy atom. The number of carbonyl (C=O) groups excluding carboxylic acids is 1. The van der Waals surface area contributed by atoms with Crippen LogP contribution in [0, 0.1) is 5.92 Å². The van der Waals surface area contributed by atoms with Gasteiger partial charge >= 0.3 is 0 Å². The zero-order valence-electron chi connectivity index (χ0n) is 12.2. The topological polar surface area (TPSA) is 66.5 Å². The van der Waals surface area contributed by atoms with Crippen LogP contribution in [0.2, 0.25) is 0 Å². The van der Waals surface area contributed by atoms with Gasteiger partial charge in [-0.15, -0.1) is 12.4 Å². The van der Waals surface area contributed by atoms with Crippen molar-refractivity contribution in [1.82, 2.24) is 10.2 Å². The molecule has 1 amide bonds. The Kier molecular flexibility index (Phi) is 6.28. The van der Waals surface area contributed by atoms with Gasteiger partial charge in [-0.25, -0.2) is 8.42 Å². The average molecular weight is 325 g/mol. The van der Waals surface area contributed by atoms with Crippen molar-refractivity contribution in [3.8, 4) is 0 Å². The predicted molar refractivity (Wildman–Crippen MR) is 81.9 cm³/mol. The number of nitrogens with one attached hydrogen (secondary N) is 1. The molecule has 2 aliphatic rings. The van der Waals surface area contributed by atoms with E-state index >= 15 is 0 Å². The maximum atomic E-state index is 12.3. The highest BCUT2D eigenvalue weighted by Gasteiger charge is 2.39. The van der Waals surface area contributed by atoms with E-state index in [1.807, 2.05) is 18.7 Å². The number of hydrogen-bond acceptors (Lipinski definition) is 4. The zero-order valence-corrected chi connectivity index (χ0v) is 13.8. The first-order chi connectivity index (χ1) is 8.89. The molecule has 0 spiro atoms. The Morgan fingerprint density at radius 3 is 2.55 bits per heavy atom. The molecule has 0 saturated carbocycles. The standard InChI is InChI=1S/C13H24N2O3S.ClH/c1-10(2)8-19(17,18)9-13(16)15-11-3-4-12(15)7-14-6-5-11;/h10-12,14H,3-9H2,1-2H3;1H. The van der Waals surface area contributed by atoms with Crippen molar-refractivity contribution >= 4 is 28.2 Å². The molecular formula is C13H25ClN2O3S. The predicted octanol–water partition coefficient (Wildman–Crippen LogP) is 0.832. The molecule has 2 saturated heterocycles. The summed E-state index contributed by atoms with van der Waals surface area (Å²) in [6, 6.07) is 0.427. The molecule has 0 aromatic carbocycles. The summed E-state index contributed by atoms with van der Waals surface area (Å²) in [4.78, 5) is 14.2. The SMILES string of the molecule is CC(C)CS(=O)(=O)CC(=O)N1C2CCNCC1CC2.Cl. The van der Waals surface area contributed by atoms with Gasteiger partial charge in [-0.2, -0.15) is 0 Å². The summed E-state index contributed by atoms with van der Waals surface area (Å²) in [7, 11) is -3.27. The second-order valence-corrected chi connectivity index (χ2v) is 8.24. The summed E-state index contributed by atoms with van der Waals surface area (Å²) in [6.07, 6.45) is 2.95. The van der Waals surface area contributed by atoms with Gasteiger partial charge < -0.3 is 10.2 Å². The van der Waals surface area contributed by atoms with Crippen LogP contribution in [-0.4, -0.2) is 55.9 Å². The lowest BCUT2D eigenvalue weighted by Gasteiger charge is -2.27. The van der Waals surface area contributed by atoms with E-state index in [0.29, 0.717) is 0 Å². The van der Waals surface area contributed by atoms with Crippen LogP contribution in [0.4, 0.5) is 0 Å². The third-order valence-corrected chi connectivity index (χ3v) is 5.73. The van der Waals surface area contributed by atoms with E-state index in [4.69, 9.17) is 0 Å². The largest absolute Gasteiger partial charge is 0.335 e. The van der Waals surface area contributed by atoms with E-state index in [0.717, 1.165) is 32.4 Å². The highest BCUT2D eigenvalue weighted by molar-refractivity contribution is 7.92.